The van der Waals surface area contributed by atoms with E-state index in [-0.39, 0.29) is 76.1 Å². The fourth-order valence-corrected chi connectivity index (χ4v) is 7.69. The lowest BCUT2D eigenvalue weighted by atomic mass is 10.1. The van der Waals surface area contributed by atoms with E-state index in [4.69, 9.17) is 40.1 Å². The number of carbonyl (C=O) groups is 3. The second-order valence-corrected chi connectivity index (χ2v) is 18.2. The van der Waals surface area contributed by atoms with Crippen LogP contribution in [0.25, 0.3) is 33.3 Å². The molecule has 0 radical (unpaired) electrons. The third-order valence-electron chi connectivity index (χ3n) is 11.2. The minimum absolute atomic E-state index is 0.0461. The molecule has 1 amide bonds. The fraction of sp³-hybridized carbons (Fsp3) is 0.192. The highest BCUT2D eigenvalue weighted by atomic mass is 35.5. The molecule has 0 unspecified atom stereocenters. The molecule has 426 valence electrons. The Morgan fingerprint density at radius 2 is 0.927 bits per heavy atom. The number of anilines is 2. The number of nitrogen functional groups attached to an aromatic ring is 1. The van der Waals surface area contributed by atoms with Crippen LogP contribution in [0.1, 0.15) is 65.2 Å². The van der Waals surface area contributed by atoms with Gasteiger partial charge in [0.2, 0.25) is 0 Å². The minimum atomic E-state index is -0.978. The number of non-ortho nitro benzene ring substituents is 4. The topological polar surface area (TPSA) is 395 Å². The van der Waals surface area contributed by atoms with E-state index in [0.717, 1.165) is 5.52 Å². The number of hydrogen-bond acceptors (Lipinski definition) is 21. The molecule has 29 nitrogen and oxygen atoms in total. The molecular formula is C52H46ClN9O20. The lowest BCUT2D eigenvalue weighted by Gasteiger charge is -2.07. The van der Waals surface area contributed by atoms with E-state index < -0.39 is 42.7 Å². The first-order chi connectivity index (χ1) is 38.7. The third kappa shape index (κ3) is 15.2. The second kappa shape index (κ2) is 26.1. The molecule has 1 aliphatic rings. The summed E-state index contributed by atoms with van der Waals surface area (Å²) in [5.41, 5.74) is 9.09. The van der Waals surface area contributed by atoms with Crippen LogP contribution in [0.2, 0.25) is 0 Å². The van der Waals surface area contributed by atoms with Gasteiger partial charge in [0.15, 0.2) is 16.7 Å². The summed E-state index contributed by atoms with van der Waals surface area (Å²) in [7, 11) is 0. The Bertz CT molecular complexity index is 4080. The lowest BCUT2D eigenvalue weighted by Crippen LogP contribution is -2.17. The Hall–Kier alpha value is -11.0. The number of carbonyl (C=O) groups excluding carboxylic acids is 3. The average Bonchev–Trinajstić information content (AvgIpc) is 4.34. The Labute approximate surface area is 463 Å². The summed E-state index contributed by atoms with van der Waals surface area (Å²) in [6.45, 7) is 11.3. The van der Waals surface area contributed by atoms with Gasteiger partial charge in [0.05, 0.1) is 54.8 Å². The number of ether oxygens (including phenoxy) is 3. The van der Waals surface area contributed by atoms with Crippen molar-refractivity contribution in [2.24, 2.45) is 0 Å². The standard InChI is InChI=1S/C17H15N3O6.C10H10N2O4.C10H12N2O2.C8H5NO4.C7H4ClNO4/c1-10(2)19-14-8-3-11(9-15(14)26-17(19)22)18-16(21)25-13-6-4-12(5-7-13)20(23)24;1-6(2)11-8-4-3-7(12(14)15)5-9(8)16-10(11)13;1-6(2)12-8-4-3-7(11)5-9(8)14-10(12)13;10-8-3-5-1-2-6(9(11)12)4-7(5)13-8;8-7(10)13-6-3-1-5(2-4-6)9(11)12/h3-10H,1-2H3,(H,18,21);3-6H,1-2H3;3-6H,11H2,1-2H3;1-2,4H,3H2;1-4H. The number of benzene rings is 6. The number of oxazole rings is 3. The fourth-order valence-electron chi connectivity index (χ4n) is 7.60. The van der Waals surface area contributed by atoms with Crippen molar-refractivity contribution in [2.45, 2.75) is 66.1 Å². The SMILES string of the molecule is CC(C)n1c(=O)oc2cc(N)ccc21.CC(C)n1c(=O)oc2cc(NC(=O)Oc3ccc([N+](=O)[O-])cc3)ccc21.CC(C)n1c(=O)oc2cc([N+](=O)[O-])ccc21.O=C(Cl)Oc1ccc([N+](=O)[O-])cc1.O=C1Cc2ccc([N+](=O)[O-])cc2O1. The summed E-state index contributed by atoms with van der Waals surface area (Å²) in [6.07, 6.45) is -0.573. The molecule has 4 heterocycles. The molecule has 6 aromatic carbocycles. The number of halogens is 1. The van der Waals surface area contributed by atoms with Gasteiger partial charge in [0.25, 0.3) is 22.7 Å². The molecule has 0 bridgehead atoms. The van der Waals surface area contributed by atoms with Crippen LogP contribution in [0, 0.1) is 40.5 Å². The minimum Gasteiger partial charge on any atom is -0.426 e. The first kappa shape index (κ1) is 60.3. The normalized spacial score (nSPS) is 11.2. The molecule has 30 heteroatoms. The third-order valence-corrected chi connectivity index (χ3v) is 11.3. The van der Waals surface area contributed by atoms with E-state index in [9.17, 15) is 69.2 Å². The smallest absolute Gasteiger partial charge is 0.420 e. The van der Waals surface area contributed by atoms with Gasteiger partial charge >= 0.3 is 34.8 Å². The van der Waals surface area contributed by atoms with Crippen molar-refractivity contribution in [1.29, 1.82) is 0 Å². The average molecular weight is 1150 g/mol. The first-order valence-electron chi connectivity index (χ1n) is 23.9. The highest BCUT2D eigenvalue weighted by Crippen LogP contribution is 2.30. The van der Waals surface area contributed by atoms with Crippen LogP contribution in [-0.2, 0) is 11.2 Å². The predicted molar refractivity (Wildman–Crippen MR) is 294 cm³/mol. The van der Waals surface area contributed by atoms with Gasteiger partial charge in [0, 0.05) is 95.2 Å². The van der Waals surface area contributed by atoms with Crippen molar-refractivity contribution in [1.82, 2.24) is 13.7 Å². The Morgan fingerprint density at radius 3 is 1.38 bits per heavy atom. The molecule has 82 heavy (non-hydrogen) atoms. The summed E-state index contributed by atoms with van der Waals surface area (Å²) in [6, 6.07) is 28.5. The Kier molecular flexibility index (Phi) is 19.2. The number of nitro groups is 4. The molecule has 0 spiro atoms. The molecule has 9 aromatic rings. The van der Waals surface area contributed by atoms with E-state index in [2.05, 4.69) is 10.1 Å². The van der Waals surface area contributed by atoms with E-state index in [0.29, 0.717) is 44.9 Å². The van der Waals surface area contributed by atoms with Crippen molar-refractivity contribution < 1.29 is 61.5 Å². The van der Waals surface area contributed by atoms with Crippen LogP contribution in [0.15, 0.2) is 149 Å². The highest BCUT2D eigenvalue weighted by Gasteiger charge is 2.23. The molecule has 10 rings (SSSR count). The van der Waals surface area contributed by atoms with Gasteiger partial charge in [-0.05, 0) is 102 Å². The van der Waals surface area contributed by atoms with Crippen LogP contribution in [0.4, 0.5) is 43.7 Å². The quantitative estimate of drug-likeness (QED) is 0.0321. The zero-order valence-corrected chi connectivity index (χ0v) is 44.5. The monoisotopic (exact) mass is 1150 g/mol. The van der Waals surface area contributed by atoms with E-state index in [1.54, 1.807) is 41.0 Å². The van der Waals surface area contributed by atoms with Gasteiger partial charge in [-0.15, -0.1) is 0 Å². The maximum atomic E-state index is 12.0. The molecule has 0 fully saturated rings. The van der Waals surface area contributed by atoms with Crippen molar-refractivity contribution in [3.05, 3.63) is 199 Å². The zero-order chi connectivity index (χ0) is 60.3. The van der Waals surface area contributed by atoms with Crippen LogP contribution < -0.4 is 42.5 Å². The van der Waals surface area contributed by atoms with Crippen LogP contribution >= 0.6 is 11.6 Å². The molecule has 3 aromatic heterocycles. The summed E-state index contributed by atoms with van der Waals surface area (Å²) in [5.74, 6) is -1.03. The summed E-state index contributed by atoms with van der Waals surface area (Å²) < 4.78 is 34.1. The first-order valence-corrected chi connectivity index (χ1v) is 24.3. The predicted octanol–water partition coefficient (Wildman–Crippen LogP) is 10.9. The summed E-state index contributed by atoms with van der Waals surface area (Å²) in [4.78, 5) is 107. The second-order valence-electron chi connectivity index (χ2n) is 17.9. The number of esters is 1. The molecule has 0 saturated heterocycles. The summed E-state index contributed by atoms with van der Waals surface area (Å²) >= 11 is 4.92. The van der Waals surface area contributed by atoms with Gasteiger partial charge in [-0.1, -0.05) is 0 Å². The Morgan fingerprint density at radius 1 is 0.537 bits per heavy atom. The Balaban J connectivity index is 0.000000170. The number of nitrogens with two attached hydrogens (primary N) is 1. The lowest BCUT2D eigenvalue weighted by molar-refractivity contribution is -0.385. The van der Waals surface area contributed by atoms with Crippen LogP contribution in [0.3, 0.4) is 0 Å². The van der Waals surface area contributed by atoms with Crippen LogP contribution in [0.5, 0.6) is 17.2 Å². The van der Waals surface area contributed by atoms with Gasteiger partial charge in [0.1, 0.15) is 17.2 Å². The largest absolute Gasteiger partial charge is 0.426 e. The number of nitro benzene ring substituents is 4. The van der Waals surface area contributed by atoms with Gasteiger partial charge in [-0.2, -0.15) is 0 Å². The van der Waals surface area contributed by atoms with Gasteiger partial charge in [-0.25, -0.2) is 24.0 Å². The number of aromatic nitrogens is 3. The maximum Gasteiger partial charge on any atom is 0.420 e. The van der Waals surface area contributed by atoms with Gasteiger partial charge < -0.3 is 33.2 Å². The number of fused-ring (bicyclic) bond motifs is 4. The van der Waals surface area contributed by atoms with E-state index in [1.807, 2.05) is 41.5 Å². The zero-order valence-electron chi connectivity index (χ0n) is 43.7. The van der Waals surface area contributed by atoms with Crippen molar-refractivity contribution in [3.63, 3.8) is 0 Å². The summed E-state index contributed by atoms with van der Waals surface area (Å²) in [5, 5.41) is 44.2. The molecule has 1 aliphatic heterocycles. The number of nitrogens with one attached hydrogen (secondary N) is 1. The van der Waals surface area contributed by atoms with Crippen molar-refractivity contribution in [2.75, 3.05) is 11.1 Å². The number of amides is 1. The highest BCUT2D eigenvalue weighted by molar-refractivity contribution is 6.61. The molecule has 0 atom stereocenters. The van der Waals surface area contributed by atoms with Crippen molar-refractivity contribution >= 4 is 96.5 Å². The van der Waals surface area contributed by atoms with Gasteiger partial charge in [-0.3, -0.25) is 64.3 Å². The van der Waals surface area contributed by atoms with E-state index in [1.165, 1.54) is 94.1 Å². The molecule has 0 saturated carbocycles. The maximum absolute atomic E-state index is 12.0. The number of hydrogen-bond donors (Lipinski definition) is 2. The van der Waals surface area contributed by atoms with Crippen LogP contribution in [-0.4, -0.2) is 50.9 Å². The number of nitrogens with zero attached hydrogens (tertiary/aromatic N) is 7. The molecule has 0 aliphatic carbocycles. The molecular weight excluding hydrogens is 1110 g/mol. The van der Waals surface area contributed by atoms with E-state index >= 15 is 0 Å². The number of rotatable bonds is 10. The molecule has 3 N–H and O–H groups in total. The van der Waals surface area contributed by atoms with Crippen molar-refractivity contribution in [3.8, 4) is 17.2 Å².